The number of aliphatic hydroxyl groups is 1. The number of aromatic nitrogens is 1. The summed E-state index contributed by atoms with van der Waals surface area (Å²) < 4.78 is 0. The molecule has 2 aromatic heterocycles. The van der Waals surface area contributed by atoms with E-state index in [0.29, 0.717) is 0 Å². The van der Waals surface area contributed by atoms with Gasteiger partial charge < -0.3 is 5.11 Å². The van der Waals surface area contributed by atoms with Crippen LogP contribution >= 0.6 is 11.3 Å². The Kier molecular flexibility index (Phi) is 5.39. The summed E-state index contributed by atoms with van der Waals surface area (Å²) in [4.78, 5) is 9.34. The van der Waals surface area contributed by atoms with E-state index in [1.165, 1.54) is 26.1 Å². The molecule has 0 radical (unpaired) electrons. The standard InChI is InChI=1S/C19H22N2OS/c1-15-6-7-18(23-15)14-21(10-3-11-22)13-17-5-2-4-16-12-20-9-8-19(16)17/h2,4-9,12,22H,3,10-11,13-14H2,1H3. The first-order valence-electron chi connectivity index (χ1n) is 7.96. The zero-order chi connectivity index (χ0) is 16.1. The molecule has 0 amide bonds. The summed E-state index contributed by atoms with van der Waals surface area (Å²) in [7, 11) is 0. The number of hydrogen-bond donors (Lipinski definition) is 1. The van der Waals surface area contributed by atoms with Crippen LogP contribution in [0.3, 0.4) is 0 Å². The van der Waals surface area contributed by atoms with Crippen molar-refractivity contribution in [2.45, 2.75) is 26.4 Å². The molecule has 0 aliphatic rings. The van der Waals surface area contributed by atoms with E-state index in [-0.39, 0.29) is 6.61 Å². The van der Waals surface area contributed by atoms with Crippen LogP contribution < -0.4 is 0 Å². The number of pyridine rings is 1. The lowest BCUT2D eigenvalue weighted by atomic mass is 10.1. The van der Waals surface area contributed by atoms with Crippen molar-refractivity contribution in [2.75, 3.05) is 13.2 Å². The van der Waals surface area contributed by atoms with Crippen molar-refractivity contribution in [3.05, 3.63) is 64.1 Å². The Morgan fingerprint density at radius 3 is 2.83 bits per heavy atom. The number of aliphatic hydroxyl groups excluding tert-OH is 1. The molecule has 3 aromatic rings. The van der Waals surface area contributed by atoms with Crippen molar-refractivity contribution in [1.82, 2.24) is 9.88 Å². The molecule has 0 atom stereocenters. The third kappa shape index (κ3) is 4.16. The molecule has 1 aromatic carbocycles. The lowest BCUT2D eigenvalue weighted by molar-refractivity contribution is 0.214. The second-order valence-electron chi connectivity index (χ2n) is 5.81. The fourth-order valence-corrected chi connectivity index (χ4v) is 3.80. The van der Waals surface area contributed by atoms with Crippen LogP contribution in [0.15, 0.2) is 48.8 Å². The molecule has 2 heterocycles. The SMILES string of the molecule is Cc1ccc(CN(CCCO)Cc2cccc3cnccc23)s1. The Morgan fingerprint density at radius 1 is 1.13 bits per heavy atom. The molecule has 120 valence electrons. The summed E-state index contributed by atoms with van der Waals surface area (Å²) in [6.07, 6.45) is 4.57. The highest BCUT2D eigenvalue weighted by atomic mass is 32.1. The summed E-state index contributed by atoms with van der Waals surface area (Å²) in [6.45, 7) is 5.09. The Labute approximate surface area is 141 Å². The predicted octanol–water partition coefficient (Wildman–Crippen LogP) is 3.99. The van der Waals surface area contributed by atoms with Crippen molar-refractivity contribution in [3.8, 4) is 0 Å². The summed E-state index contributed by atoms with van der Waals surface area (Å²) >= 11 is 1.85. The second-order valence-corrected chi connectivity index (χ2v) is 7.19. The molecule has 0 saturated carbocycles. The lowest BCUT2D eigenvalue weighted by Crippen LogP contribution is -2.24. The number of nitrogens with zero attached hydrogens (tertiary/aromatic N) is 2. The van der Waals surface area contributed by atoms with E-state index < -0.39 is 0 Å². The van der Waals surface area contributed by atoms with Crippen molar-refractivity contribution in [2.24, 2.45) is 0 Å². The first-order chi connectivity index (χ1) is 11.3. The Hall–Kier alpha value is -1.75. The van der Waals surface area contributed by atoms with Crippen molar-refractivity contribution < 1.29 is 5.11 Å². The van der Waals surface area contributed by atoms with Gasteiger partial charge >= 0.3 is 0 Å². The number of fused-ring (bicyclic) bond motifs is 1. The van der Waals surface area contributed by atoms with Gasteiger partial charge in [-0.1, -0.05) is 18.2 Å². The van der Waals surface area contributed by atoms with Gasteiger partial charge in [0.15, 0.2) is 0 Å². The first kappa shape index (κ1) is 16.1. The molecule has 3 rings (SSSR count). The van der Waals surface area contributed by atoms with Gasteiger partial charge in [-0.3, -0.25) is 9.88 Å². The molecule has 0 fully saturated rings. The molecular formula is C19H22N2OS. The molecule has 0 spiro atoms. The fraction of sp³-hybridized carbons (Fsp3) is 0.316. The summed E-state index contributed by atoms with van der Waals surface area (Å²) in [5.74, 6) is 0. The molecule has 0 bridgehead atoms. The van der Waals surface area contributed by atoms with Gasteiger partial charge in [-0.25, -0.2) is 0 Å². The van der Waals surface area contributed by atoms with E-state index >= 15 is 0 Å². The minimum atomic E-state index is 0.236. The largest absolute Gasteiger partial charge is 0.396 e. The molecule has 3 nitrogen and oxygen atoms in total. The Bertz CT molecular complexity index is 763. The second kappa shape index (κ2) is 7.68. The molecule has 4 heteroatoms. The van der Waals surface area contributed by atoms with Gasteiger partial charge in [-0.2, -0.15) is 0 Å². The molecule has 0 saturated heterocycles. The number of benzene rings is 1. The third-order valence-corrected chi connectivity index (χ3v) is 4.96. The Balaban J connectivity index is 1.81. The van der Waals surface area contributed by atoms with Gasteiger partial charge in [-0.15, -0.1) is 11.3 Å². The van der Waals surface area contributed by atoms with Crippen LogP contribution in [0.1, 0.15) is 21.7 Å². The average molecular weight is 326 g/mol. The highest BCUT2D eigenvalue weighted by molar-refractivity contribution is 7.11. The van der Waals surface area contributed by atoms with E-state index in [1.54, 1.807) is 0 Å². The minimum absolute atomic E-state index is 0.236. The first-order valence-corrected chi connectivity index (χ1v) is 8.78. The maximum Gasteiger partial charge on any atom is 0.0443 e. The highest BCUT2D eigenvalue weighted by Crippen LogP contribution is 2.22. The van der Waals surface area contributed by atoms with Crippen LogP contribution in [0, 0.1) is 6.92 Å². The van der Waals surface area contributed by atoms with E-state index in [2.05, 4.69) is 53.2 Å². The maximum atomic E-state index is 9.19. The third-order valence-electron chi connectivity index (χ3n) is 3.97. The molecular weight excluding hydrogens is 304 g/mol. The molecule has 0 unspecified atom stereocenters. The van der Waals surface area contributed by atoms with E-state index in [4.69, 9.17) is 0 Å². The molecule has 0 aliphatic heterocycles. The zero-order valence-corrected chi connectivity index (χ0v) is 14.2. The summed E-state index contributed by atoms with van der Waals surface area (Å²) in [5, 5.41) is 11.6. The van der Waals surface area contributed by atoms with Gasteiger partial charge in [0.1, 0.15) is 0 Å². The predicted molar refractivity (Wildman–Crippen MR) is 96.6 cm³/mol. The fourth-order valence-electron chi connectivity index (χ4n) is 2.87. The molecule has 1 N–H and O–H groups in total. The topological polar surface area (TPSA) is 36.4 Å². The number of hydrogen-bond acceptors (Lipinski definition) is 4. The van der Waals surface area contributed by atoms with Crippen LogP contribution in [0.4, 0.5) is 0 Å². The average Bonchev–Trinajstić information content (AvgIpc) is 2.98. The number of aryl methyl sites for hydroxylation is 1. The quantitative estimate of drug-likeness (QED) is 0.713. The van der Waals surface area contributed by atoms with Gasteiger partial charge in [0.05, 0.1) is 0 Å². The van der Waals surface area contributed by atoms with Gasteiger partial charge in [0, 0.05) is 53.8 Å². The van der Waals surface area contributed by atoms with Crippen molar-refractivity contribution in [1.29, 1.82) is 0 Å². The smallest absolute Gasteiger partial charge is 0.0443 e. The van der Waals surface area contributed by atoms with Crippen LogP contribution in [0.25, 0.3) is 10.8 Å². The van der Waals surface area contributed by atoms with Gasteiger partial charge in [-0.05, 0) is 42.5 Å². The van der Waals surface area contributed by atoms with Crippen LogP contribution in [-0.4, -0.2) is 28.1 Å². The molecule has 0 aliphatic carbocycles. The zero-order valence-electron chi connectivity index (χ0n) is 13.4. The van der Waals surface area contributed by atoms with Crippen LogP contribution in [0.5, 0.6) is 0 Å². The van der Waals surface area contributed by atoms with Gasteiger partial charge in [0.2, 0.25) is 0 Å². The number of rotatable bonds is 7. The summed E-state index contributed by atoms with van der Waals surface area (Å²) in [5.41, 5.74) is 1.32. The van der Waals surface area contributed by atoms with Crippen LogP contribution in [-0.2, 0) is 13.1 Å². The molecule has 23 heavy (non-hydrogen) atoms. The van der Waals surface area contributed by atoms with Crippen molar-refractivity contribution in [3.63, 3.8) is 0 Å². The van der Waals surface area contributed by atoms with E-state index in [1.807, 2.05) is 23.7 Å². The normalized spacial score (nSPS) is 11.4. The summed E-state index contributed by atoms with van der Waals surface area (Å²) in [6, 6.07) is 12.9. The van der Waals surface area contributed by atoms with Crippen LogP contribution in [0.2, 0.25) is 0 Å². The lowest BCUT2D eigenvalue weighted by Gasteiger charge is -2.22. The monoisotopic (exact) mass is 326 g/mol. The highest BCUT2D eigenvalue weighted by Gasteiger charge is 2.10. The van der Waals surface area contributed by atoms with E-state index in [0.717, 1.165) is 26.1 Å². The Morgan fingerprint density at radius 2 is 2.04 bits per heavy atom. The van der Waals surface area contributed by atoms with Gasteiger partial charge in [0.25, 0.3) is 0 Å². The van der Waals surface area contributed by atoms with E-state index in [9.17, 15) is 5.11 Å². The maximum absolute atomic E-state index is 9.19. The minimum Gasteiger partial charge on any atom is -0.396 e. The number of thiophene rings is 1. The van der Waals surface area contributed by atoms with Crippen molar-refractivity contribution >= 4 is 22.1 Å².